The predicted octanol–water partition coefficient (Wildman–Crippen LogP) is 7.07. The summed E-state index contributed by atoms with van der Waals surface area (Å²) in [5.74, 6) is -1.07. The molecule has 0 radical (unpaired) electrons. The molecule has 0 heterocycles. The van der Waals surface area contributed by atoms with E-state index in [-0.39, 0.29) is 18.5 Å². The maximum absolute atomic E-state index is 12.7. The first-order chi connectivity index (χ1) is 15.3. The third-order valence-corrected chi connectivity index (χ3v) is 5.33. The maximum Gasteiger partial charge on any atom is 0.416 e. The van der Waals surface area contributed by atoms with Gasteiger partial charge in [0.25, 0.3) is 5.91 Å². The number of carbonyl (C=O) groups excluding carboxylic acids is 2. The summed E-state index contributed by atoms with van der Waals surface area (Å²) in [6.45, 7) is 2.61. The van der Waals surface area contributed by atoms with Gasteiger partial charge >= 0.3 is 12.1 Å². The molecule has 0 spiro atoms. The van der Waals surface area contributed by atoms with Crippen LogP contribution in [0.2, 0.25) is 0 Å². The molecule has 182 valence electrons. The molecule has 0 unspecified atom stereocenters. The Morgan fingerprint density at radius 1 is 0.875 bits per heavy atom. The largest absolute Gasteiger partial charge is 0.466 e. The van der Waals surface area contributed by atoms with Crippen LogP contribution in [0.5, 0.6) is 0 Å². The van der Waals surface area contributed by atoms with Gasteiger partial charge in [-0.2, -0.15) is 13.2 Å². The number of esters is 1. The van der Waals surface area contributed by atoms with E-state index in [9.17, 15) is 22.8 Å². The fraction of sp³-hybridized carbons (Fsp3) is 0.680. The molecular formula is C25H38F3NO3. The number of nitrogens with one attached hydrogen (secondary N) is 1. The van der Waals surface area contributed by atoms with Gasteiger partial charge in [0.2, 0.25) is 0 Å². The lowest BCUT2D eigenvalue weighted by molar-refractivity contribution is -0.143. The van der Waals surface area contributed by atoms with Crippen LogP contribution in [-0.4, -0.2) is 25.0 Å². The van der Waals surface area contributed by atoms with Crippen LogP contribution in [0.3, 0.4) is 0 Å². The van der Waals surface area contributed by atoms with Crippen molar-refractivity contribution in [3.63, 3.8) is 0 Å². The van der Waals surface area contributed by atoms with Crippen molar-refractivity contribution in [1.82, 2.24) is 5.32 Å². The predicted molar refractivity (Wildman–Crippen MR) is 120 cm³/mol. The smallest absolute Gasteiger partial charge is 0.416 e. The molecule has 1 aromatic rings. The second kappa shape index (κ2) is 16.6. The van der Waals surface area contributed by atoms with Gasteiger partial charge < -0.3 is 10.1 Å². The van der Waals surface area contributed by atoms with Gasteiger partial charge in [0, 0.05) is 12.1 Å². The molecule has 0 aliphatic rings. The Morgan fingerprint density at radius 3 is 2.00 bits per heavy atom. The number of rotatable bonds is 17. The molecule has 1 N–H and O–H groups in total. The zero-order chi connectivity index (χ0) is 23.7. The number of amides is 1. The van der Waals surface area contributed by atoms with E-state index in [1.54, 1.807) is 0 Å². The number of unbranched alkanes of at least 4 members (excludes halogenated alkanes) is 11. The molecule has 32 heavy (non-hydrogen) atoms. The van der Waals surface area contributed by atoms with Crippen molar-refractivity contribution >= 4 is 11.9 Å². The van der Waals surface area contributed by atoms with Crippen molar-refractivity contribution in [3.8, 4) is 0 Å². The Labute approximate surface area is 190 Å². The first kappa shape index (κ1) is 28.0. The molecule has 0 aromatic heterocycles. The number of carbonyl (C=O) groups is 2. The second-order valence-corrected chi connectivity index (χ2v) is 8.19. The maximum atomic E-state index is 12.7. The molecule has 7 heteroatoms. The summed E-state index contributed by atoms with van der Waals surface area (Å²) in [4.78, 5) is 23.7. The van der Waals surface area contributed by atoms with Gasteiger partial charge in [0.1, 0.15) is 0 Å². The van der Waals surface area contributed by atoms with Crippen molar-refractivity contribution < 1.29 is 27.5 Å². The lowest BCUT2D eigenvalue weighted by atomic mass is 10.1. The van der Waals surface area contributed by atoms with Crippen LogP contribution in [0.4, 0.5) is 13.2 Å². The summed E-state index contributed by atoms with van der Waals surface area (Å²) in [7, 11) is 0. The number of hydrogen-bond acceptors (Lipinski definition) is 3. The molecule has 1 aromatic carbocycles. The highest BCUT2D eigenvalue weighted by Gasteiger charge is 2.30. The molecule has 0 saturated carbocycles. The second-order valence-electron chi connectivity index (χ2n) is 8.19. The van der Waals surface area contributed by atoms with Crippen molar-refractivity contribution in [1.29, 1.82) is 0 Å². The number of ether oxygens (including phenoxy) is 1. The monoisotopic (exact) mass is 457 g/mol. The van der Waals surface area contributed by atoms with Crippen LogP contribution in [0, 0.1) is 0 Å². The van der Waals surface area contributed by atoms with E-state index in [1.165, 1.54) is 69.9 Å². The molecule has 1 rings (SSSR count). The van der Waals surface area contributed by atoms with Gasteiger partial charge in [-0.1, -0.05) is 83.6 Å². The third-order valence-electron chi connectivity index (χ3n) is 5.33. The van der Waals surface area contributed by atoms with E-state index in [0.29, 0.717) is 6.61 Å². The Hall–Kier alpha value is -2.05. The summed E-state index contributed by atoms with van der Waals surface area (Å²) >= 11 is 0. The minimum absolute atomic E-state index is 0.0110. The molecule has 0 bridgehead atoms. The highest BCUT2D eigenvalue weighted by atomic mass is 19.4. The Bertz CT molecular complexity index is 662. The van der Waals surface area contributed by atoms with E-state index in [1.807, 2.05) is 0 Å². The molecule has 0 atom stereocenters. The van der Waals surface area contributed by atoms with E-state index in [4.69, 9.17) is 4.74 Å². The molecule has 0 saturated heterocycles. The van der Waals surface area contributed by atoms with E-state index in [0.717, 1.165) is 31.4 Å². The lowest BCUT2D eigenvalue weighted by Crippen LogP contribution is -2.27. The van der Waals surface area contributed by atoms with Crippen molar-refractivity contribution in [3.05, 3.63) is 35.4 Å². The Balaban J connectivity index is 2.00. The highest BCUT2D eigenvalue weighted by molar-refractivity contribution is 5.94. The van der Waals surface area contributed by atoms with Crippen molar-refractivity contribution in [2.24, 2.45) is 0 Å². The molecule has 4 nitrogen and oxygen atoms in total. The summed E-state index contributed by atoms with van der Waals surface area (Å²) in [5.41, 5.74) is -0.975. The fourth-order valence-electron chi connectivity index (χ4n) is 3.42. The average Bonchev–Trinajstić information content (AvgIpc) is 2.76. The van der Waals surface area contributed by atoms with Gasteiger partial charge in [0.15, 0.2) is 0 Å². The molecule has 0 aliphatic heterocycles. The van der Waals surface area contributed by atoms with E-state index >= 15 is 0 Å². The average molecular weight is 458 g/mol. The Kier molecular flexibility index (Phi) is 14.5. The minimum atomic E-state index is -4.51. The van der Waals surface area contributed by atoms with Crippen LogP contribution in [0.25, 0.3) is 0 Å². The number of hydrogen-bond donors (Lipinski definition) is 1. The quantitative estimate of drug-likeness (QED) is 0.201. The van der Waals surface area contributed by atoms with E-state index in [2.05, 4.69) is 12.2 Å². The topological polar surface area (TPSA) is 55.4 Å². The third kappa shape index (κ3) is 13.4. The van der Waals surface area contributed by atoms with Gasteiger partial charge in [0.05, 0.1) is 18.6 Å². The van der Waals surface area contributed by atoms with Crippen molar-refractivity contribution in [2.75, 3.05) is 13.2 Å². The molecule has 0 aliphatic carbocycles. The zero-order valence-electron chi connectivity index (χ0n) is 19.3. The van der Waals surface area contributed by atoms with Crippen molar-refractivity contribution in [2.45, 2.75) is 96.6 Å². The standard InChI is InChI=1S/C25H38F3NO3/c1-2-3-4-5-6-7-8-9-10-11-12-13-19-32-23(30)17-18-29-24(31)21-15-14-16-22(20-21)25(26,27)28/h14-16,20H,2-13,17-19H2,1H3,(H,29,31). The highest BCUT2D eigenvalue weighted by Crippen LogP contribution is 2.29. The zero-order valence-corrected chi connectivity index (χ0v) is 19.3. The number of benzene rings is 1. The fourth-order valence-corrected chi connectivity index (χ4v) is 3.42. The van der Waals surface area contributed by atoms with Crippen LogP contribution in [-0.2, 0) is 15.7 Å². The van der Waals surface area contributed by atoms with Gasteiger partial charge in [-0.05, 0) is 24.6 Å². The number of alkyl halides is 3. The first-order valence-corrected chi connectivity index (χ1v) is 12.0. The van der Waals surface area contributed by atoms with Crippen LogP contribution in [0.15, 0.2) is 24.3 Å². The number of halogens is 3. The molecular weight excluding hydrogens is 419 g/mol. The minimum Gasteiger partial charge on any atom is -0.466 e. The molecule has 0 fully saturated rings. The van der Waals surface area contributed by atoms with Crippen LogP contribution < -0.4 is 5.32 Å². The summed E-state index contributed by atoms with van der Waals surface area (Å²) in [6.07, 6.45) is 10.3. The van der Waals surface area contributed by atoms with Gasteiger partial charge in [-0.25, -0.2) is 0 Å². The molecule has 1 amide bonds. The SMILES string of the molecule is CCCCCCCCCCCCCCOC(=O)CCNC(=O)c1cccc(C(F)(F)F)c1. The van der Waals surface area contributed by atoms with E-state index < -0.39 is 23.6 Å². The first-order valence-electron chi connectivity index (χ1n) is 12.0. The van der Waals surface area contributed by atoms with Gasteiger partial charge in [-0.3, -0.25) is 9.59 Å². The summed E-state index contributed by atoms with van der Waals surface area (Å²) < 4.78 is 43.3. The van der Waals surface area contributed by atoms with Gasteiger partial charge in [-0.15, -0.1) is 0 Å². The summed E-state index contributed by atoms with van der Waals surface area (Å²) in [5, 5.41) is 2.45. The van der Waals surface area contributed by atoms with Crippen LogP contribution in [0.1, 0.15) is 106 Å². The van der Waals surface area contributed by atoms with Crippen LogP contribution >= 0.6 is 0 Å². The lowest BCUT2D eigenvalue weighted by Gasteiger charge is -2.09. The summed E-state index contributed by atoms with van der Waals surface area (Å²) in [6, 6.07) is 4.18. The Morgan fingerprint density at radius 2 is 1.44 bits per heavy atom. The normalized spacial score (nSPS) is 11.4.